The highest BCUT2D eigenvalue weighted by molar-refractivity contribution is 5.91. The smallest absolute Gasteiger partial charge is 0.201 e. The molecular formula is C14H16O5. The molecule has 3 N–H and O–H groups in total. The number of phenolic OH excluding ortho intramolecular Hbond substituents is 3. The molecule has 0 aliphatic heterocycles. The van der Waals surface area contributed by atoms with Gasteiger partial charge in [-0.15, -0.1) is 0 Å². The first-order valence-electron chi connectivity index (χ1n) is 6.03. The lowest BCUT2D eigenvalue weighted by molar-refractivity contribution is 0.365. The predicted octanol–water partition coefficient (Wildman–Crippen LogP) is 2.42. The molecule has 19 heavy (non-hydrogen) atoms. The Morgan fingerprint density at radius 3 is 2.37 bits per heavy atom. The van der Waals surface area contributed by atoms with Gasteiger partial charge in [-0.1, -0.05) is 13.8 Å². The molecule has 1 heterocycles. The van der Waals surface area contributed by atoms with Crippen LogP contribution in [-0.4, -0.2) is 15.3 Å². The Morgan fingerprint density at radius 2 is 1.79 bits per heavy atom. The third-order valence-corrected chi connectivity index (χ3v) is 2.93. The van der Waals surface area contributed by atoms with Crippen molar-refractivity contribution in [3.8, 4) is 17.2 Å². The first kappa shape index (κ1) is 13.3. The molecule has 0 saturated heterocycles. The molecular weight excluding hydrogens is 248 g/mol. The minimum Gasteiger partial charge on any atom is -0.504 e. The van der Waals surface area contributed by atoms with Crippen molar-refractivity contribution in [3.63, 3.8) is 0 Å². The Hall–Kier alpha value is -2.17. The average molecular weight is 264 g/mol. The minimum atomic E-state index is -0.681. The molecule has 0 spiro atoms. The highest BCUT2D eigenvalue weighted by Crippen LogP contribution is 2.44. The number of benzene rings is 1. The van der Waals surface area contributed by atoms with Crippen LogP contribution in [0.25, 0.3) is 11.0 Å². The van der Waals surface area contributed by atoms with Gasteiger partial charge in [0.25, 0.3) is 0 Å². The molecule has 5 nitrogen and oxygen atoms in total. The summed E-state index contributed by atoms with van der Waals surface area (Å²) in [4.78, 5) is 11.9. The summed E-state index contributed by atoms with van der Waals surface area (Å²) in [6.07, 6.45) is 0.419. The summed E-state index contributed by atoms with van der Waals surface area (Å²) in [5, 5.41) is 29.3. The van der Waals surface area contributed by atoms with Gasteiger partial charge in [0.05, 0.1) is 0 Å². The van der Waals surface area contributed by atoms with Crippen LogP contribution < -0.4 is 5.43 Å². The van der Waals surface area contributed by atoms with Gasteiger partial charge in [0, 0.05) is 11.6 Å². The van der Waals surface area contributed by atoms with Crippen molar-refractivity contribution in [1.82, 2.24) is 0 Å². The van der Waals surface area contributed by atoms with Gasteiger partial charge in [-0.2, -0.15) is 0 Å². The lowest BCUT2D eigenvalue weighted by atomic mass is 9.98. The number of hydrogen-bond donors (Lipinski definition) is 3. The average Bonchev–Trinajstić information content (AvgIpc) is 2.30. The van der Waals surface area contributed by atoms with Crippen LogP contribution in [0.4, 0.5) is 0 Å². The molecule has 2 rings (SSSR count). The van der Waals surface area contributed by atoms with Gasteiger partial charge in [0.15, 0.2) is 16.9 Å². The number of fused-ring (bicyclic) bond motifs is 1. The van der Waals surface area contributed by atoms with Gasteiger partial charge in [-0.3, -0.25) is 4.79 Å². The summed E-state index contributed by atoms with van der Waals surface area (Å²) in [5.74, 6) is -1.20. The summed E-state index contributed by atoms with van der Waals surface area (Å²) >= 11 is 0. The Labute approximate surface area is 109 Å². The largest absolute Gasteiger partial charge is 0.504 e. The van der Waals surface area contributed by atoms with Crippen LogP contribution in [0.15, 0.2) is 15.3 Å². The van der Waals surface area contributed by atoms with Crippen molar-refractivity contribution in [2.45, 2.75) is 27.2 Å². The second-order valence-electron chi connectivity index (χ2n) is 5.05. The fraction of sp³-hybridized carbons (Fsp3) is 0.357. The number of aromatic hydroxyl groups is 3. The quantitative estimate of drug-likeness (QED) is 0.724. The van der Waals surface area contributed by atoms with Crippen LogP contribution in [0.1, 0.15) is 25.2 Å². The zero-order valence-corrected chi connectivity index (χ0v) is 11.0. The fourth-order valence-corrected chi connectivity index (χ4v) is 2.13. The lowest BCUT2D eigenvalue weighted by Gasteiger charge is -2.13. The molecule has 0 bridgehead atoms. The monoisotopic (exact) mass is 264 g/mol. The van der Waals surface area contributed by atoms with Crippen LogP contribution >= 0.6 is 0 Å². The zero-order valence-electron chi connectivity index (χ0n) is 11.0. The van der Waals surface area contributed by atoms with Crippen molar-refractivity contribution in [2.75, 3.05) is 0 Å². The molecule has 1 aromatic carbocycles. The van der Waals surface area contributed by atoms with E-state index in [1.54, 1.807) is 6.92 Å². The van der Waals surface area contributed by atoms with E-state index in [4.69, 9.17) is 4.42 Å². The summed E-state index contributed by atoms with van der Waals surface area (Å²) in [7, 11) is 0. The molecule has 0 radical (unpaired) electrons. The third-order valence-electron chi connectivity index (χ3n) is 2.93. The van der Waals surface area contributed by atoms with Crippen LogP contribution in [0.3, 0.4) is 0 Å². The minimum absolute atomic E-state index is 0.100. The first-order chi connectivity index (χ1) is 8.82. The van der Waals surface area contributed by atoms with Gasteiger partial charge in [-0.05, 0) is 19.3 Å². The van der Waals surface area contributed by atoms with E-state index in [0.717, 1.165) is 0 Å². The van der Waals surface area contributed by atoms with Crippen molar-refractivity contribution in [1.29, 1.82) is 0 Å². The second-order valence-corrected chi connectivity index (χ2v) is 5.05. The van der Waals surface area contributed by atoms with E-state index in [1.807, 2.05) is 13.8 Å². The molecule has 1 aromatic heterocycles. The maximum absolute atomic E-state index is 11.9. The molecule has 5 heteroatoms. The van der Waals surface area contributed by atoms with E-state index >= 15 is 0 Å². The Balaban J connectivity index is 2.97. The van der Waals surface area contributed by atoms with Crippen LogP contribution in [-0.2, 0) is 6.42 Å². The summed E-state index contributed by atoms with van der Waals surface area (Å²) in [6.45, 7) is 5.48. The van der Waals surface area contributed by atoms with E-state index in [9.17, 15) is 20.1 Å². The standard InChI is InChI=1S/C14H16O5/c1-6(2)4-8-11(16)13(18)12(17)10-9(15)5-7(3)19-14(8)10/h5-6,16-18H,4H2,1-3H3. The van der Waals surface area contributed by atoms with E-state index in [2.05, 4.69) is 0 Å². The van der Waals surface area contributed by atoms with E-state index < -0.39 is 22.7 Å². The molecule has 0 fully saturated rings. The Morgan fingerprint density at radius 1 is 1.16 bits per heavy atom. The number of aryl methyl sites for hydroxylation is 1. The second kappa shape index (κ2) is 4.50. The fourth-order valence-electron chi connectivity index (χ4n) is 2.13. The maximum Gasteiger partial charge on any atom is 0.201 e. The van der Waals surface area contributed by atoms with Gasteiger partial charge < -0.3 is 19.7 Å². The normalized spacial score (nSPS) is 11.4. The van der Waals surface area contributed by atoms with Crippen LogP contribution in [0.5, 0.6) is 17.2 Å². The number of hydrogen-bond acceptors (Lipinski definition) is 5. The van der Waals surface area contributed by atoms with E-state index in [0.29, 0.717) is 17.7 Å². The van der Waals surface area contributed by atoms with Crippen LogP contribution in [0.2, 0.25) is 0 Å². The Bertz CT molecular complexity index is 697. The maximum atomic E-state index is 11.9. The highest BCUT2D eigenvalue weighted by atomic mass is 16.3. The van der Waals surface area contributed by atoms with Crippen molar-refractivity contribution in [3.05, 3.63) is 27.6 Å². The van der Waals surface area contributed by atoms with E-state index in [1.165, 1.54) is 6.07 Å². The van der Waals surface area contributed by atoms with Crippen molar-refractivity contribution >= 4 is 11.0 Å². The molecule has 0 saturated carbocycles. The molecule has 0 unspecified atom stereocenters. The molecule has 0 aliphatic rings. The SMILES string of the molecule is Cc1cc(=O)c2c(O)c(O)c(O)c(CC(C)C)c2o1. The highest BCUT2D eigenvalue weighted by Gasteiger charge is 2.22. The zero-order chi connectivity index (χ0) is 14.3. The van der Waals surface area contributed by atoms with Crippen molar-refractivity contribution in [2.24, 2.45) is 5.92 Å². The number of phenols is 3. The van der Waals surface area contributed by atoms with E-state index in [-0.39, 0.29) is 16.9 Å². The molecule has 0 aliphatic carbocycles. The van der Waals surface area contributed by atoms with Gasteiger partial charge >= 0.3 is 0 Å². The molecule has 2 aromatic rings. The lowest BCUT2D eigenvalue weighted by Crippen LogP contribution is -2.05. The first-order valence-corrected chi connectivity index (χ1v) is 6.03. The number of rotatable bonds is 2. The van der Waals surface area contributed by atoms with Gasteiger partial charge in [0.1, 0.15) is 16.7 Å². The van der Waals surface area contributed by atoms with Crippen LogP contribution in [0, 0.1) is 12.8 Å². The predicted molar refractivity (Wildman–Crippen MR) is 70.8 cm³/mol. The van der Waals surface area contributed by atoms with Gasteiger partial charge in [0.2, 0.25) is 5.75 Å². The Kier molecular flexibility index (Phi) is 3.14. The molecule has 0 atom stereocenters. The molecule has 0 amide bonds. The summed E-state index contributed by atoms with van der Waals surface area (Å²) < 4.78 is 5.46. The van der Waals surface area contributed by atoms with Gasteiger partial charge in [-0.25, -0.2) is 0 Å². The summed E-state index contributed by atoms with van der Waals surface area (Å²) in [6, 6.07) is 1.23. The third kappa shape index (κ3) is 2.12. The van der Waals surface area contributed by atoms with Crippen molar-refractivity contribution < 1.29 is 19.7 Å². The summed E-state index contributed by atoms with van der Waals surface area (Å²) in [5.41, 5.74) is 0.0177. The molecule has 102 valence electrons. The topological polar surface area (TPSA) is 90.9 Å².